The van der Waals surface area contributed by atoms with E-state index < -0.39 is 0 Å². The van der Waals surface area contributed by atoms with Crippen molar-refractivity contribution in [1.82, 2.24) is 0 Å². The van der Waals surface area contributed by atoms with Gasteiger partial charge in [-0.15, -0.1) is 0 Å². The molecule has 0 spiro atoms. The van der Waals surface area contributed by atoms with Crippen molar-refractivity contribution in [3.8, 4) is 5.75 Å². The van der Waals surface area contributed by atoms with Crippen molar-refractivity contribution in [1.29, 1.82) is 0 Å². The number of ether oxygens (including phenoxy) is 1. The third kappa shape index (κ3) is 3.20. The van der Waals surface area contributed by atoms with Crippen LogP contribution in [0.3, 0.4) is 0 Å². The molecule has 1 rings (SSSR count). The van der Waals surface area contributed by atoms with Crippen molar-refractivity contribution >= 4 is 11.6 Å². The van der Waals surface area contributed by atoms with Gasteiger partial charge in [0.2, 0.25) is 0 Å². The standard InChI is InChI=1S/C11H16ClNO/c1-3-14-11-5-4-10(12)7-9(11)6-8(2)13/h4-5,7-8H,3,6,13H2,1-2H3. The Morgan fingerprint density at radius 1 is 1.50 bits per heavy atom. The van der Waals surface area contributed by atoms with E-state index >= 15 is 0 Å². The van der Waals surface area contributed by atoms with Crippen molar-refractivity contribution in [3.63, 3.8) is 0 Å². The third-order valence-corrected chi connectivity index (χ3v) is 2.10. The summed E-state index contributed by atoms with van der Waals surface area (Å²) in [4.78, 5) is 0. The second kappa shape index (κ2) is 5.23. The van der Waals surface area contributed by atoms with E-state index in [0.717, 1.165) is 22.8 Å². The van der Waals surface area contributed by atoms with Crippen LogP contribution in [0.15, 0.2) is 18.2 Å². The summed E-state index contributed by atoms with van der Waals surface area (Å²) >= 11 is 5.90. The van der Waals surface area contributed by atoms with Crippen LogP contribution in [0.5, 0.6) is 5.75 Å². The highest BCUT2D eigenvalue weighted by molar-refractivity contribution is 6.30. The van der Waals surface area contributed by atoms with Gasteiger partial charge < -0.3 is 10.5 Å². The van der Waals surface area contributed by atoms with Gasteiger partial charge in [-0.3, -0.25) is 0 Å². The number of rotatable bonds is 4. The summed E-state index contributed by atoms with van der Waals surface area (Å²) in [5.41, 5.74) is 6.82. The Morgan fingerprint density at radius 3 is 2.79 bits per heavy atom. The minimum atomic E-state index is 0.118. The first-order valence-corrected chi connectivity index (χ1v) is 5.18. The van der Waals surface area contributed by atoms with E-state index in [1.165, 1.54) is 0 Å². The fourth-order valence-electron chi connectivity index (χ4n) is 1.35. The van der Waals surface area contributed by atoms with Crippen molar-refractivity contribution in [2.24, 2.45) is 5.73 Å². The zero-order valence-electron chi connectivity index (χ0n) is 8.59. The molecule has 0 saturated heterocycles. The molecular formula is C11H16ClNO. The smallest absolute Gasteiger partial charge is 0.122 e. The van der Waals surface area contributed by atoms with Gasteiger partial charge in [0.1, 0.15) is 5.75 Å². The fourth-order valence-corrected chi connectivity index (χ4v) is 1.55. The molecule has 0 saturated carbocycles. The molecule has 0 aliphatic heterocycles. The summed E-state index contributed by atoms with van der Waals surface area (Å²) in [5.74, 6) is 0.884. The molecule has 1 aromatic carbocycles. The highest BCUT2D eigenvalue weighted by Gasteiger charge is 2.06. The molecule has 14 heavy (non-hydrogen) atoms. The van der Waals surface area contributed by atoms with Gasteiger partial charge in [-0.05, 0) is 44.0 Å². The quantitative estimate of drug-likeness (QED) is 0.835. The van der Waals surface area contributed by atoms with Crippen LogP contribution in [-0.4, -0.2) is 12.6 Å². The minimum absolute atomic E-state index is 0.118. The molecule has 0 aliphatic carbocycles. The zero-order valence-corrected chi connectivity index (χ0v) is 9.34. The van der Waals surface area contributed by atoms with Crippen LogP contribution in [0.2, 0.25) is 5.02 Å². The Bertz CT molecular complexity index is 299. The van der Waals surface area contributed by atoms with Crippen LogP contribution in [-0.2, 0) is 6.42 Å². The van der Waals surface area contributed by atoms with Gasteiger partial charge in [-0.1, -0.05) is 11.6 Å². The molecule has 3 heteroatoms. The molecule has 0 amide bonds. The maximum absolute atomic E-state index is 5.90. The molecule has 0 fully saturated rings. The monoisotopic (exact) mass is 213 g/mol. The van der Waals surface area contributed by atoms with Crippen molar-refractivity contribution < 1.29 is 4.74 Å². The molecular weight excluding hydrogens is 198 g/mol. The lowest BCUT2D eigenvalue weighted by atomic mass is 10.1. The first kappa shape index (κ1) is 11.3. The third-order valence-electron chi connectivity index (χ3n) is 1.86. The van der Waals surface area contributed by atoms with Gasteiger partial charge >= 0.3 is 0 Å². The maximum atomic E-state index is 5.90. The number of benzene rings is 1. The van der Waals surface area contributed by atoms with E-state index in [1.54, 1.807) is 0 Å². The molecule has 1 unspecified atom stereocenters. The van der Waals surface area contributed by atoms with E-state index in [9.17, 15) is 0 Å². The summed E-state index contributed by atoms with van der Waals surface area (Å²) in [5, 5.41) is 0.726. The Labute approximate surface area is 90.0 Å². The molecule has 1 atom stereocenters. The average molecular weight is 214 g/mol. The van der Waals surface area contributed by atoms with Gasteiger partial charge in [0.05, 0.1) is 6.61 Å². The largest absolute Gasteiger partial charge is 0.494 e. The minimum Gasteiger partial charge on any atom is -0.494 e. The van der Waals surface area contributed by atoms with Crippen LogP contribution < -0.4 is 10.5 Å². The Hall–Kier alpha value is -0.730. The molecule has 1 aromatic rings. The van der Waals surface area contributed by atoms with E-state index in [-0.39, 0.29) is 6.04 Å². The summed E-state index contributed by atoms with van der Waals surface area (Å²) in [6, 6.07) is 5.75. The number of nitrogens with two attached hydrogens (primary N) is 1. The molecule has 0 radical (unpaired) electrons. The van der Waals surface area contributed by atoms with E-state index in [0.29, 0.717) is 6.61 Å². The van der Waals surface area contributed by atoms with Crippen LogP contribution in [0.1, 0.15) is 19.4 Å². The van der Waals surface area contributed by atoms with Crippen molar-refractivity contribution in [3.05, 3.63) is 28.8 Å². The Balaban J connectivity index is 2.90. The highest BCUT2D eigenvalue weighted by atomic mass is 35.5. The predicted octanol–water partition coefficient (Wildman–Crippen LogP) is 2.63. The normalized spacial score (nSPS) is 12.6. The number of hydrogen-bond donors (Lipinski definition) is 1. The second-order valence-corrected chi connectivity index (χ2v) is 3.80. The molecule has 0 aliphatic rings. The number of halogens is 1. The van der Waals surface area contributed by atoms with Crippen LogP contribution in [0.4, 0.5) is 0 Å². The molecule has 0 aromatic heterocycles. The van der Waals surface area contributed by atoms with Crippen LogP contribution in [0.25, 0.3) is 0 Å². The lowest BCUT2D eigenvalue weighted by Crippen LogP contribution is -2.18. The van der Waals surface area contributed by atoms with Gasteiger partial charge in [0, 0.05) is 11.1 Å². The lowest BCUT2D eigenvalue weighted by molar-refractivity contribution is 0.336. The first-order chi connectivity index (χ1) is 6.63. The molecule has 78 valence electrons. The molecule has 0 heterocycles. The Kier molecular flexibility index (Phi) is 4.23. The highest BCUT2D eigenvalue weighted by Crippen LogP contribution is 2.23. The predicted molar refractivity (Wildman–Crippen MR) is 60.0 cm³/mol. The van der Waals surface area contributed by atoms with E-state index in [2.05, 4.69) is 0 Å². The molecule has 2 nitrogen and oxygen atoms in total. The molecule has 0 bridgehead atoms. The summed E-state index contributed by atoms with van der Waals surface area (Å²) < 4.78 is 5.48. The first-order valence-electron chi connectivity index (χ1n) is 4.80. The van der Waals surface area contributed by atoms with Crippen LogP contribution >= 0.6 is 11.6 Å². The maximum Gasteiger partial charge on any atom is 0.122 e. The summed E-state index contributed by atoms with van der Waals surface area (Å²) in [7, 11) is 0. The average Bonchev–Trinajstić information content (AvgIpc) is 2.09. The zero-order chi connectivity index (χ0) is 10.6. The van der Waals surface area contributed by atoms with Crippen molar-refractivity contribution in [2.45, 2.75) is 26.3 Å². The van der Waals surface area contributed by atoms with Gasteiger partial charge in [-0.2, -0.15) is 0 Å². The molecule has 2 N–H and O–H groups in total. The van der Waals surface area contributed by atoms with E-state index in [4.69, 9.17) is 22.1 Å². The van der Waals surface area contributed by atoms with Crippen molar-refractivity contribution in [2.75, 3.05) is 6.61 Å². The fraction of sp³-hybridized carbons (Fsp3) is 0.455. The topological polar surface area (TPSA) is 35.2 Å². The van der Waals surface area contributed by atoms with E-state index in [1.807, 2.05) is 32.0 Å². The lowest BCUT2D eigenvalue weighted by Gasteiger charge is -2.12. The summed E-state index contributed by atoms with van der Waals surface area (Å²) in [6.45, 7) is 4.59. The Morgan fingerprint density at radius 2 is 2.21 bits per heavy atom. The van der Waals surface area contributed by atoms with Gasteiger partial charge in [-0.25, -0.2) is 0 Å². The number of hydrogen-bond acceptors (Lipinski definition) is 2. The SMILES string of the molecule is CCOc1ccc(Cl)cc1CC(C)N. The van der Waals surface area contributed by atoms with Gasteiger partial charge in [0.25, 0.3) is 0 Å². The van der Waals surface area contributed by atoms with Crippen LogP contribution in [0, 0.1) is 0 Å². The van der Waals surface area contributed by atoms with Gasteiger partial charge in [0.15, 0.2) is 0 Å². The second-order valence-electron chi connectivity index (χ2n) is 3.37. The summed E-state index contributed by atoms with van der Waals surface area (Å²) in [6.07, 6.45) is 0.788.